The van der Waals surface area contributed by atoms with E-state index in [1.54, 1.807) is 12.1 Å². The Morgan fingerprint density at radius 2 is 1.77 bits per heavy atom. The molecular weight excluding hydrogens is 508 g/mol. The second-order valence-corrected chi connectivity index (χ2v) is 8.97. The highest BCUT2D eigenvalue weighted by molar-refractivity contribution is 5.95. The Morgan fingerprint density at radius 3 is 2.40 bits per heavy atom. The van der Waals surface area contributed by atoms with Gasteiger partial charge in [-0.2, -0.15) is 0 Å². The third-order valence-corrected chi connectivity index (χ3v) is 5.50. The Hall–Kier alpha value is -2.64. The van der Waals surface area contributed by atoms with Gasteiger partial charge in [-0.25, -0.2) is 0 Å². The zero-order chi connectivity index (χ0) is 25.0. The number of allylic oxidation sites excluding steroid dienone is 1. The summed E-state index contributed by atoms with van der Waals surface area (Å²) in [7, 11) is 4.14. The highest BCUT2D eigenvalue weighted by atomic mass is 79.9. The number of rotatable bonds is 15. The standard InChI is InChI=1S/C28H38N2O4.BrH/c1-6-12-23-13-11-14-26(34-24-17-15-22(16-18-24)25(31)7-2)28(23)33-20-10-9-19-30(4,5)21-27(32)29-8-3;/h6,11,13-18H,1,7-10,12,19-21H2,2-5H3;1H. The van der Waals surface area contributed by atoms with Gasteiger partial charge in [0.05, 0.1) is 27.2 Å². The summed E-state index contributed by atoms with van der Waals surface area (Å²) in [6, 6.07) is 13.0. The lowest BCUT2D eigenvalue weighted by Crippen LogP contribution is -3.00. The Labute approximate surface area is 220 Å². The lowest BCUT2D eigenvalue weighted by molar-refractivity contribution is -0.882. The minimum Gasteiger partial charge on any atom is -1.00 e. The van der Waals surface area contributed by atoms with Crippen molar-refractivity contribution in [2.24, 2.45) is 0 Å². The van der Waals surface area contributed by atoms with Crippen LogP contribution in [0.5, 0.6) is 17.2 Å². The van der Waals surface area contributed by atoms with Gasteiger partial charge in [0, 0.05) is 24.1 Å². The Kier molecular flexibility index (Phi) is 13.3. The molecule has 0 aromatic heterocycles. The van der Waals surface area contributed by atoms with Gasteiger partial charge in [-0.3, -0.25) is 9.59 Å². The monoisotopic (exact) mass is 546 g/mol. The minimum absolute atomic E-state index is 0. The number of unbranched alkanes of at least 4 members (excludes halogenated alkanes) is 1. The van der Waals surface area contributed by atoms with Gasteiger partial charge in [0.1, 0.15) is 5.75 Å². The number of nitrogens with one attached hydrogen (secondary N) is 1. The van der Waals surface area contributed by atoms with Crippen molar-refractivity contribution in [1.29, 1.82) is 0 Å². The highest BCUT2D eigenvalue weighted by Gasteiger charge is 2.19. The molecule has 0 aliphatic heterocycles. The van der Waals surface area contributed by atoms with Gasteiger partial charge in [0.25, 0.3) is 5.91 Å². The maximum atomic E-state index is 11.9. The number of halogens is 1. The molecule has 6 nitrogen and oxygen atoms in total. The van der Waals surface area contributed by atoms with Gasteiger partial charge in [-0.15, -0.1) is 6.58 Å². The van der Waals surface area contributed by atoms with E-state index < -0.39 is 0 Å². The predicted octanol–water partition coefficient (Wildman–Crippen LogP) is 2.18. The third kappa shape index (κ3) is 10.2. The van der Waals surface area contributed by atoms with Crippen LogP contribution in [0.1, 0.15) is 49.0 Å². The van der Waals surface area contributed by atoms with Crippen molar-refractivity contribution in [1.82, 2.24) is 5.32 Å². The van der Waals surface area contributed by atoms with Gasteiger partial charge in [0.2, 0.25) is 0 Å². The Morgan fingerprint density at radius 1 is 1.06 bits per heavy atom. The first-order valence-corrected chi connectivity index (χ1v) is 12.0. The summed E-state index contributed by atoms with van der Waals surface area (Å²) in [5.41, 5.74) is 1.69. The Balaban J connectivity index is 0.00000612. The molecule has 192 valence electrons. The number of hydrogen-bond acceptors (Lipinski definition) is 4. The quantitative estimate of drug-likeness (QED) is 0.161. The van der Waals surface area contributed by atoms with Crippen LogP contribution >= 0.6 is 0 Å². The molecule has 7 heteroatoms. The fraction of sp³-hybridized carbons (Fsp3) is 0.429. The zero-order valence-electron chi connectivity index (χ0n) is 21.4. The zero-order valence-corrected chi connectivity index (χ0v) is 23.0. The summed E-state index contributed by atoms with van der Waals surface area (Å²) in [5.74, 6) is 2.19. The molecule has 0 heterocycles. The number of likely N-dealkylation sites (N-methyl/N-ethyl adjacent to an activating group) is 2. The van der Waals surface area contributed by atoms with Crippen LogP contribution in [0.15, 0.2) is 55.1 Å². The summed E-state index contributed by atoms with van der Waals surface area (Å²) in [5, 5.41) is 2.86. The lowest BCUT2D eigenvalue weighted by atomic mass is 10.1. The average Bonchev–Trinajstić information content (AvgIpc) is 2.80. The van der Waals surface area contributed by atoms with E-state index in [9.17, 15) is 9.59 Å². The van der Waals surface area contributed by atoms with Gasteiger partial charge in [-0.05, 0) is 56.5 Å². The van der Waals surface area contributed by atoms with Gasteiger partial charge < -0.3 is 36.3 Å². The number of quaternary nitrogens is 1. The van der Waals surface area contributed by atoms with Crippen LogP contribution in [0.3, 0.4) is 0 Å². The number of benzene rings is 2. The number of amides is 1. The first-order valence-electron chi connectivity index (χ1n) is 12.0. The van der Waals surface area contributed by atoms with Crippen LogP contribution in [0.2, 0.25) is 0 Å². The van der Waals surface area contributed by atoms with E-state index in [1.807, 2.05) is 50.3 Å². The summed E-state index contributed by atoms with van der Waals surface area (Å²) in [6.45, 7) is 10.2. The van der Waals surface area contributed by atoms with E-state index in [1.165, 1.54) is 0 Å². The van der Waals surface area contributed by atoms with Crippen LogP contribution in [0.4, 0.5) is 0 Å². The van der Waals surface area contributed by atoms with Crippen molar-refractivity contribution < 1.29 is 40.5 Å². The fourth-order valence-corrected chi connectivity index (χ4v) is 3.70. The molecule has 0 radical (unpaired) electrons. The van der Waals surface area contributed by atoms with Crippen molar-refractivity contribution in [3.8, 4) is 17.2 Å². The molecule has 0 atom stereocenters. The molecule has 0 spiro atoms. The topological polar surface area (TPSA) is 64.6 Å². The van der Waals surface area contributed by atoms with Crippen molar-refractivity contribution in [2.75, 3.05) is 40.3 Å². The molecule has 0 aliphatic rings. The van der Waals surface area contributed by atoms with Crippen LogP contribution in [-0.4, -0.2) is 56.5 Å². The first-order chi connectivity index (χ1) is 16.3. The van der Waals surface area contributed by atoms with Crippen molar-refractivity contribution in [2.45, 2.75) is 39.5 Å². The third-order valence-electron chi connectivity index (χ3n) is 5.50. The van der Waals surface area contributed by atoms with Gasteiger partial charge >= 0.3 is 0 Å². The second kappa shape index (κ2) is 15.4. The number of hydrogen-bond donors (Lipinski definition) is 1. The molecule has 0 saturated heterocycles. The number of nitrogens with zero attached hydrogens (tertiary/aromatic N) is 1. The van der Waals surface area contributed by atoms with E-state index >= 15 is 0 Å². The average molecular weight is 548 g/mol. The molecule has 0 fully saturated rings. The summed E-state index contributed by atoms with van der Waals surface area (Å²) in [4.78, 5) is 23.8. The summed E-state index contributed by atoms with van der Waals surface area (Å²) in [6.07, 6.45) is 4.81. The fourth-order valence-electron chi connectivity index (χ4n) is 3.70. The number of ketones is 1. The molecule has 0 bridgehead atoms. The van der Waals surface area contributed by atoms with E-state index in [0.29, 0.717) is 59.8 Å². The smallest absolute Gasteiger partial charge is 0.275 e. The number of ether oxygens (including phenoxy) is 2. The number of para-hydroxylation sites is 1. The van der Waals surface area contributed by atoms with Gasteiger partial charge in [0.15, 0.2) is 23.8 Å². The molecule has 2 rings (SSSR count). The number of carbonyl (C=O) groups excluding carboxylic acids is 2. The van der Waals surface area contributed by atoms with Crippen LogP contribution < -0.4 is 31.8 Å². The molecular formula is C28H39BrN2O4. The maximum Gasteiger partial charge on any atom is 0.275 e. The molecule has 2 aromatic carbocycles. The molecule has 0 saturated carbocycles. The van der Waals surface area contributed by atoms with Crippen molar-refractivity contribution in [3.63, 3.8) is 0 Å². The SMILES string of the molecule is C=CCc1cccc(Oc2ccc(C(=O)CC)cc2)c1OCCCC[N+](C)(C)CC(=O)NCC.[Br-]. The minimum atomic E-state index is 0. The first kappa shape index (κ1) is 30.4. The van der Waals surface area contributed by atoms with E-state index in [4.69, 9.17) is 9.47 Å². The maximum absolute atomic E-state index is 11.9. The molecule has 35 heavy (non-hydrogen) atoms. The number of carbonyl (C=O) groups is 2. The highest BCUT2D eigenvalue weighted by Crippen LogP contribution is 2.35. The molecule has 1 N–H and O–H groups in total. The molecule has 0 aliphatic carbocycles. The van der Waals surface area contributed by atoms with Crippen LogP contribution in [-0.2, 0) is 11.2 Å². The largest absolute Gasteiger partial charge is 1.00 e. The van der Waals surface area contributed by atoms with Gasteiger partial charge in [-0.1, -0.05) is 25.1 Å². The van der Waals surface area contributed by atoms with Crippen molar-refractivity contribution in [3.05, 3.63) is 66.2 Å². The summed E-state index contributed by atoms with van der Waals surface area (Å²) < 4.78 is 13.0. The molecule has 2 aromatic rings. The lowest BCUT2D eigenvalue weighted by Gasteiger charge is -2.29. The normalized spacial score (nSPS) is 10.7. The van der Waals surface area contributed by atoms with E-state index in [0.717, 1.165) is 24.9 Å². The number of Topliss-reactive ketones (excluding diaryl/α,β-unsaturated/α-hetero) is 1. The second-order valence-electron chi connectivity index (χ2n) is 8.97. The van der Waals surface area contributed by atoms with E-state index in [2.05, 4.69) is 26.0 Å². The summed E-state index contributed by atoms with van der Waals surface area (Å²) >= 11 is 0. The van der Waals surface area contributed by atoms with E-state index in [-0.39, 0.29) is 28.7 Å². The molecule has 0 unspecified atom stereocenters. The van der Waals surface area contributed by atoms with Crippen LogP contribution in [0.25, 0.3) is 0 Å². The van der Waals surface area contributed by atoms with Crippen LogP contribution in [0, 0.1) is 0 Å². The van der Waals surface area contributed by atoms with Crippen molar-refractivity contribution >= 4 is 11.7 Å². The Bertz CT molecular complexity index is 958. The molecule has 1 amide bonds. The predicted molar refractivity (Wildman–Crippen MR) is 137 cm³/mol.